The van der Waals surface area contributed by atoms with Gasteiger partial charge in [-0.25, -0.2) is 0 Å². The van der Waals surface area contributed by atoms with Crippen molar-refractivity contribution < 1.29 is 9.66 Å². The molecule has 2 aromatic carbocycles. The Labute approximate surface area is 133 Å². The summed E-state index contributed by atoms with van der Waals surface area (Å²) in [5.41, 5.74) is 1.97. The van der Waals surface area contributed by atoms with Crippen LogP contribution in [0.15, 0.2) is 42.5 Å². The van der Waals surface area contributed by atoms with E-state index in [2.05, 4.69) is 10.6 Å². The Bertz CT molecular complexity index is 719. The van der Waals surface area contributed by atoms with Crippen molar-refractivity contribution in [3.8, 4) is 5.75 Å². The Morgan fingerprint density at radius 1 is 1.18 bits per heavy atom. The monoisotopic (exact) mass is 317 g/mol. The lowest BCUT2D eigenvalue weighted by Gasteiger charge is -2.11. The van der Waals surface area contributed by atoms with E-state index in [9.17, 15) is 10.1 Å². The molecule has 114 valence electrons. The maximum atomic E-state index is 10.9. The topological polar surface area (TPSA) is 76.4 Å². The van der Waals surface area contributed by atoms with E-state index in [0.717, 1.165) is 5.69 Å². The van der Waals surface area contributed by atoms with Gasteiger partial charge in [0.1, 0.15) is 5.75 Å². The molecule has 2 rings (SSSR count). The molecule has 2 N–H and O–H groups in total. The van der Waals surface area contributed by atoms with Gasteiger partial charge in [-0.15, -0.1) is 0 Å². The van der Waals surface area contributed by atoms with Gasteiger partial charge in [-0.1, -0.05) is 12.1 Å². The van der Waals surface area contributed by atoms with Gasteiger partial charge < -0.3 is 15.4 Å². The van der Waals surface area contributed by atoms with Crippen molar-refractivity contribution in [2.75, 3.05) is 17.7 Å². The van der Waals surface area contributed by atoms with Crippen LogP contribution in [-0.4, -0.2) is 17.1 Å². The van der Waals surface area contributed by atoms with E-state index in [4.69, 9.17) is 17.0 Å². The molecule has 0 saturated heterocycles. The molecule has 0 unspecified atom stereocenters. The Balaban J connectivity index is 2.08. The fraction of sp³-hybridized carbons (Fsp3) is 0.133. The third-order valence-corrected chi connectivity index (χ3v) is 3.20. The molecule has 22 heavy (non-hydrogen) atoms. The summed E-state index contributed by atoms with van der Waals surface area (Å²) in [4.78, 5) is 10.5. The molecule has 6 nitrogen and oxygen atoms in total. The molecule has 0 bridgehead atoms. The average molecular weight is 317 g/mol. The van der Waals surface area contributed by atoms with Gasteiger partial charge in [0.2, 0.25) is 0 Å². The Kier molecular flexibility index (Phi) is 4.90. The summed E-state index contributed by atoms with van der Waals surface area (Å²) < 4.78 is 5.13. The van der Waals surface area contributed by atoms with Crippen LogP contribution >= 0.6 is 12.2 Å². The van der Waals surface area contributed by atoms with Gasteiger partial charge in [-0.2, -0.15) is 0 Å². The fourth-order valence-corrected chi connectivity index (χ4v) is 2.11. The van der Waals surface area contributed by atoms with Crippen molar-refractivity contribution in [3.63, 3.8) is 0 Å². The molecular weight excluding hydrogens is 302 g/mol. The lowest BCUT2D eigenvalue weighted by molar-refractivity contribution is -0.385. The van der Waals surface area contributed by atoms with Crippen molar-refractivity contribution in [3.05, 3.63) is 58.1 Å². The first-order valence-electron chi connectivity index (χ1n) is 6.46. The number of nitro groups is 1. The van der Waals surface area contributed by atoms with Crippen LogP contribution in [-0.2, 0) is 0 Å². The van der Waals surface area contributed by atoms with Gasteiger partial charge in [-0.05, 0) is 37.3 Å². The maximum Gasteiger partial charge on any atom is 0.274 e. The molecule has 0 radical (unpaired) electrons. The van der Waals surface area contributed by atoms with E-state index in [1.165, 1.54) is 6.07 Å². The maximum absolute atomic E-state index is 10.9. The number of hydrogen-bond donors (Lipinski definition) is 2. The summed E-state index contributed by atoms with van der Waals surface area (Å²) in [5, 5.41) is 17.2. The van der Waals surface area contributed by atoms with Gasteiger partial charge in [0.05, 0.1) is 12.0 Å². The van der Waals surface area contributed by atoms with Crippen LogP contribution < -0.4 is 15.4 Å². The summed E-state index contributed by atoms with van der Waals surface area (Å²) in [6.45, 7) is 1.69. The molecule has 0 fully saturated rings. The second-order valence-electron chi connectivity index (χ2n) is 4.57. The number of ether oxygens (including phenoxy) is 1. The second kappa shape index (κ2) is 6.86. The molecule has 2 aromatic rings. The van der Waals surface area contributed by atoms with Crippen LogP contribution in [0.1, 0.15) is 5.56 Å². The predicted molar refractivity (Wildman–Crippen MR) is 90.7 cm³/mol. The second-order valence-corrected chi connectivity index (χ2v) is 4.98. The summed E-state index contributed by atoms with van der Waals surface area (Å²) in [7, 11) is 1.58. The van der Waals surface area contributed by atoms with Crippen LogP contribution in [0.25, 0.3) is 0 Å². The van der Waals surface area contributed by atoms with E-state index < -0.39 is 4.92 Å². The van der Waals surface area contributed by atoms with Crippen molar-refractivity contribution in [2.45, 2.75) is 6.92 Å². The molecule has 0 spiro atoms. The number of nitrogens with zero attached hydrogens (tertiary/aromatic N) is 1. The molecule has 0 heterocycles. The minimum absolute atomic E-state index is 0.0502. The molecule has 0 saturated carbocycles. The molecule has 0 aliphatic carbocycles. The molecule has 0 aliphatic rings. The number of aryl methyl sites for hydroxylation is 1. The lowest BCUT2D eigenvalue weighted by Crippen LogP contribution is -2.19. The van der Waals surface area contributed by atoms with Gasteiger partial charge in [0, 0.05) is 29.1 Å². The van der Waals surface area contributed by atoms with E-state index in [0.29, 0.717) is 22.1 Å². The van der Waals surface area contributed by atoms with Crippen LogP contribution in [0.4, 0.5) is 17.1 Å². The summed E-state index contributed by atoms with van der Waals surface area (Å²) >= 11 is 5.21. The van der Waals surface area contributed by atoms with Crippen molar-refractivity contribution >= 4 is 34.4 Å². The number of methoxy groups -OCH3 is 1. The minimum atomic E-state index is -0.418. The number of nitrogens with one attached hydrogen (secondary N) is 2. The Hall–Kier alpha value is -2.67. The minimum Gasteiger partial charge on any atom is -0.497 e. The highest BCUT2D eigenvalue weighted by atomic mass is 32.1. The third kappa shape index (κ3) is 3.92. The van der Waals surface area contributed by atoms with Gasteiger partial charge in [-0.3, -0.25) is 10.1 Å². The quantitative estimate of drug-likeness (QED) is 0.508. The van der Waals surface area contributed by atoms with Crippen LogP contribution in [0.2, 0.25) is 0 Å². The van der Waals surface area contributed by atoms with E-state index in [1.807, 2.05) is 18.2 Å². The lowest BCUT2D eigenvalue weighted by atomic mass is 10.2. The van der Waals surface area contributed by atoms with Gasteiger partial charge in [0.15, 0.2) is 5.11 Å². The summed E-state index contributed by atoms with van der Waals surface area (Å²) in [6.07, 6.45) is 0. The molecule has 7 heteroatoms. The van der Waals surface area contributed by atoms with Gasteiger partial charge >= 0.3 is 0 Å². The standard InChI is InChI=1S/C15H15N3O3S/c1-10-6-7-12(9-14(10)18(19)20)17-15(22)16-11-4-3-5-13(8-11)21-2/h3-9H,1-2H3,(H2,16,17,22). The van der Waals surface area contributed by atoms with Crippen LogP contribution in [0, 0.1) is 17.0 Å². The smallest absolute Gasteiger partial charge is 0.274 e. The molecule has 0 atom stereocenters. The Morgan fingerprint density at radius 3 is 2.50 bits per heavy atom. The largest absolute Gasteiger partial charge is 0.497 e. The Morgan fingerprint density at radius 2 is 1.86 bits per heavy atom. The van der Waals surface area contributed by atoms with Crippen LogP contribution in [0.5, 0.6) is 5.75 Å². The van der Waals surface area contributed by atoms with Crippen molar-refractivity contribution in [1.29, 1.82) is 0 Å². The predicted octanol–water partition coefficient (Wildman–Crippen LogP) is 3.72. The number of hydrogen-bond acceptors (Lipinski definition) is 4. The summed E-state index contributed by atoms with van der Waals surface area (Å²) in [6, 6.07) is 12.2. The highest BCUT2D eigenvalue weighted by Crippen LogP contribution is 2.23. The highest BCUT2D eigenvalue weighted by Gasteiger charge is 2.11. The molecule has 0 aliphatic heterocycles. The van der Waals surface area contributed by atoms with Crippen LogP contribution in [0.3, 0.4) is 0 Å². The van der Waals surface area contributed by atoms with E-state index in [1.54, 1.807) is 32.2 Å². The molecular formula is C15H15N3O3S. The zero-order chi connectivity index (χ0) is 16.1. The number of rotatable bonds is 4. The first-order chi connectivity index (χ1) is 10.5. The number of anilines is 2. The number of thiocarbonyl (C=S) groups is 1. The first-order valence-corrected chi connectivity index (χ1v) is 6.87. The van der Waals surface area contributed by atoms with Crippen molar-refractivity contribution in [2.24, 2.45) is 0 Å². The summed E-state index contributed by atoms with van der Waals surface area (Å²) in [5.74, 6) is 0.707. The first kappa shape index (κ1) is 15.7. The van der Waals surface area contributed by atoms with E-state index in [-0.39, 0.29) is 5.69 Å². The SMILES string of the molecule is COc1cccc(NC(=S)Nc2ccc(C)c([N+](=O)[O-])c2)c1. The van der Waals surface area contributed by atoms with Crippen molar-refractivity contribution in [1.82, 2.24) is 0 Å². The normalized spacial score (nSPS) is 9.91. The fourth-order valence-electron chi connectivity index (χ4n) is 1.88. The zero-order valence-corrected chi connectivity index (χ0v) is 12.9. The number of nitro benzene ring substituents is 1. The number of benzene rings is 2. The average Bonchev–Trinajstić information content (AvgIpc) is 2.49. The van der Waals surface area contributed by atoms with E-state index >= 15 is 0 Å². The highest BCUT2D eigenvalue weighted by molar-refractivity contribution is 7.80. The van der Waals surface area contributed by atoms with Gasteiger partial charge in [0.25, 0.3) is 5.69 Å². The molecule has 0 amide bonds. The molecule has 0 aromatic heterocycles. The zero-order valence-electron chi connectivity index (χ0n) is 12.1. The third-order valence-electron chi connectivity index (χ3n) is 2.99.